The smallest absolute Gasteiger partial charge is 0.204 e. The molecule has 5 nitrogen and oxygen atoms in total. The second-order valence-electron chi connectivity index (χ2n) is 6.28. The molecule has 27 heavy (non-hydrogen) atoms. The van der Waals surface area contributed by atoms with Crippen LogP contribution in [0.1, 0.15) is 0 Å². The minimum Gasteiger partial charge on any atom is -0.497 e. The maximum atomic E-state index is 13.2. The molecule has 0 aliphatic heterocycles. The molecule has 5 rings (SSSR count). The van der Waals surface area contributed by atoms with E-state index in [0.29, 0.717) is 11.1 Å². The van der Waals surface area contributed by atoms with Gasteiger partial charge in [0, 0.05) is 21.5 Å². The molecule has 6 heteroatoms. The van der Waals surface area contributed by atoms with Gasteiger partial charge in [-0.25, -0.2) is 0 Å². The number of benzene rings is 4. The van der Waals surface area contributed by atoms with Gasteiger partial charge in [0.05, 0.1) is 27.3 Å². The van der Waals surface area contributed by atoms with Crippen molar-refractivity contribution in [2.75, 3.05) is 7.11 Å². The molecule has 0 aliphatic rings. The normalized spacial score (nSPS) is 11.7. The Kier molecular flexibility index (Phi) is 3.12. The number of ether oxygens (including phenoxy) is 1. The average Bonchev–Trinajstić information content (AvgIpc) is 3.11. The summed E-state index contributed by atoms with van der Waals surface area (Å²) in [5.41, 5.74) is -1.52. The van der Waals surface area contributed by atoms with Crippen molar-refractivity contribution in [3.8, 4) is 5.75 Å². The summed E-state index contributed by atoms with van der Waals surface area (Å²) in [6.45, 7) is 0. The van der Waals surface area contributed by atoms with Crippen LogP contribution in [-0.4, -0.2) is 7.11 Å². The van der Waals surface area contributed by atoms with E-state index in [4.69, 9.17) is 4.74 Å². The molecule has 5 aromatic rings. The predicted octanol–water partition coefficient (Wildman–Crippen LogP) is 2.69. The minimum atomic E-state index is -0.434. The van der Waals surface area contributed by atoms with Crippen LogP contribution in [0.15, 0.2) is 61.6 Å². The topological polar surface area (TPSA) is 77.5 Å². The molecule has 130 valence electrons. The van der Waals surface area contributed by atoms with Crippen LogP contribution in [0.5, 0.6) is 5.75 Å². The van der Waals surface area contributed by atoms with E-state index in [1.54, 1.807) is 30.3 Å². The SMILES string of the molecule is COc1ccc2c(=O)c3sc4c(=O)c5ccccc5c(=O)c4c3c(=O)c2c1. The van der Waals surface area contributed by atoms with Gasteiger partial charge in [0.1, 0.15) is 5.75 Å². The van der Waals surface area contributed by atoms with Crippen molar-refractivity contribution in [1.29, 1.82) is 0 Å². The summed E-state index contributed by atoms with van der Waals surface area (Å²) < 4.78 is 5.46. The molecule has 1 aromatic heterocycles. The summed E-state index contributed by atoms with van der Waals surface area (Å²) in [5, 5.41) is 1.08. The number of hydrogen-bond donors (Lipinski definition) is 0. The zero-order chi connectivity index (χ0) is 18.9. The Balaban J connectivity index is 2.18. The first-order chi connectivity index (χ1) is 13.0. The summed E-state index contributed by atoms with van der Waals surface area (Å²) in [7, 11) is 1.47. The van der Waals surface area contributed by atoms with Crippen LogP contribution in [0.25, 0.3) is 41.7 Å². The summed E-state index contributed by atoms with van der Waals surface area (Å²) >= 11 is 0.927. The third-order valence-corrected chi connectivity index (χ3v) is 6.09. The van der Waals surface area contributed by atoms with E-state index in [1.165, 1.54) is 19.2 Å². The van der Waals surface area contributed by atoms with Gasteiger partial charge in [0.15, 0.2) is 10.9 Å². The summed E-state index contributed by atoms with van der Waals surface area (Å²) in [5.74, 6) is 0.440. The first-order valence-electron chi connectivity index (χ1n) is 8.15. The average molecular weight is 374 g/mol. The van der Waals surface area contributed by atoms with E-state index in [1.807, 2.05) is 0 Å². The molecule has 4 aromatic carbocycles. The Hall–Kier alpha value is -3.38. The van der Waals surface area contributed by atoms with Crippen LogP contribution < -0.4 is 26.5 Å². The van der Waals surface area contributed by atoms with Gasteiger partial charge < -0.3 is 4.74 Å². The molecule has 0 saturated heterocycles. The lowest BCUT2D eigenvalue weighted by Gasteiger charge is -2.01. The Morgan fingerprint density at radius 1 is 0.667 bits per heavy atom. The van der Waals surface area contributed by atoms with Crippen molar-refractivity contribution in [2.24, 2.45) is 0 Å². The summed E-state index contributed by atoms with van der Waals surface area (Å²) in [6.07, 6.45) is 0. The minimum absolute atomic E-state index is 0.0357. The van der Waals surface area contributed by atoms with E-state index < -0.39 is 10.9 Å². The Labute approximate surface area is 154 Å². The summed E-state index contributed by atoms with van der Waals surface area (Å²) in [4.78, 5) is 52.0. The Morgan fingerprint density at radius 2 is 1.19 bits per heavy atom. The monoisotopic (exact) mass is 374 g/mol. The molecule has 0 radical (unpaired) electrons. The molecular weight excluding hydrogens is 364 g/mol. The number of rotatable bonds is 1. The highest BCUT2D eigenvalue weighted by Gasteiger charge is 2.21. The van der Waals surface area contributed by atoms with Crippen molar-refractivity contribution in [1.82, 2.24) is 0 Å². The second kappa shape index (κ2) is 5.31. The van der Waals surface area contributed by atoms with E-state index in [2.05, 4.69) is 0 Å². The first kappa shape index (κ1) is 15.8. The van der Waals surface area contributed by atoms with Crippen LogP contribution in [0, 0.1) is 0 Å². The summed E-state index contributed by atoms with van der Waals surface area (Å²) in [6, 6.07) is 11.1. The number of fused-ring (bicyclic) bond motifs is 5. The van der Waals surface area contributed by atoms with Gasteiger partial charge in [0.25, 0.3) is 0 Å². The molecule has 0 N–H and O–H groups in total. The predicted molar refractivity (Wildman–Crippen MR) is 108 cm³/mol. The van der Waals surface area contributed by atoms with E-state index in [-0.39, 0.29) is 47.2 Å². The van der Waals surface area contributed by atoms with Crippen LogP contribution in [0.2, 0.25) is 0 Å². The van der Waals surface area contributed by atoms with Crippen molar-refractivity contribution >= 4 is 53.1 Å². The lowest BCUT2D eigenvalue weighted by Crippen LogP contribution is -2.15. The van der Waals surface area contributed by atoms with Crippen LogP contribution in [0.4, 0.5) is 0 Å². The quantitative estimate of drug-likeness (QED) is 0.451. The number of thiophene rings is 1. The largest absolute Gasteiger partial charge is 0.497 e. The van der Waals surface area contributed by atoms with Crippen molar-refractivity contribution < 1.29 is 4.74 Å². The van der Waals surface area contributed by atoms with Gasteiger partial charge in [-0.2, -0.15) is 0 Å². The highest BCUT2D eigenvalue weighted by Crippen LogP contribution is 2.29. The van der Waals surface area contributed by atoms with Gasteiger partial charge >= 0.3 is 0 Å². The second-order valence-corrected chi connectivity index (χ2v) is 7.30. The van der Waals surface area contributed by atoms with E-state index in [0.717, 1.165) is 11.3 Å². The fraction of sp³-hybridized carbons (Fsp3) is 0.0476. The maximum Gasteiger partial charge on any atom is 0.204 e. The van der Waals surface area contributed by atoms with Gasteiger partial charge in [-0.3, -0.25) is 19.2 Å². The standard InChI is InChI=1S/C21H10O5S/c1-26-9-6-7-12-13(8-9)17(23)15-14-16(22)10-4-2-3-5-11(10)18(24)20(14)27-21(15)19(12)25/h2-8H,1H3. The Morgan fingerprint density at radius 3 is 1.78 bits per heavy atom. The zero-order valence-corrected chi connectivity index (χ0v) is 14.8. The molecule has 0 saturated carbocycles. The molecular formula is C21H10O5S. The van der Waals surface area contributed by atoms with Crippen molar-refractivity contribution in [2.45, 2.75) is 0 Å². The highest BCUT2D eigenvalue weighted by atomic mass is 32.1. The maximum absolute atomic E-state index is 13.2. The van der Waals surface area contributed by atoms with Crippen LogP contribution >= 0.6 is 11.3 Å². The third kappa shape index (κ3) is 1.93. The molecule has 0 amide bonds. The van der Waals surface area contributed by atoms with Gasteiger partial charge in [-0.15, -0.1) is 11.3 Å². The third-order valence-electron chi connectivity index (χ3n) is 4.91. The molecule has 0 atom stereocenters. The van der Waals surface area contributed by atoms with E-state index in [9.17, 15) is 19.2 Å². The molecule has 0 unspecified atom stereocenters. The van der Waals surface area contributed by atoms with E-state index >= 15 is 0 Å². The lowest BCUT2D eigenvalue weighted by atomic mass is 10.0. The fourth-order valence-corrected chi connectivity index (χ4v) is 4.82. The van der Waals surface area contributed by atoms with Crippen molar-refractivity contribution in [3.63, 3.8) is 0 Å². The molecule has 0 bridgehead atoms. The highest BCUT2D eigenvalue weighted by molar-refractivity contribution is 7.25. The van der Waals surface area contributed by atoms with Gasteiger partial charge in [-0.1, -0.05) is 24.3 Å². The fourth-order valence-electron chi connectivity index (χ4n) is 3.61. The van der Waals surface area contributed by atoms with Crippen LogP contribution in [-0.2, 0) is 0 Å². The van der Waals surface area contributed by atoms with Gasteiger partial charge in [-0.05, 0) is 18.2 Å². The first-order valence-corrected chi connectivity index (χ1v) is 8.97. The number of methoxy groups -OCH3 is 1. The zero-order valence-electron chi connectivity index (χ0n) is 14.0. The van der Waals surface area contributed by atoms with Crippen molar-refractivity contribution in [3.05, 3.63) is 83.4 Å². The molecule has 0 fully saturated rings. The van der Waals surface area contributed by atoms with Crippen LogP contribution in [0.3, 0.4) is 0 Å². The molecule has 0 aliphatic carbocycles. The lowest BCUT2D eigenvalue weighted by molar-refractivity contribution is 0.415. The molecule has 1 heterocycles. The number of hydrogen-bond acceptors (Lipinski definition) is 6. The Bertz CT molecular complexity index is 1640. The van der Waals surface area contributed by atoms with Gasteiger partial charge in [0.2, 0.25) is 10.9 Å². The molecule has 0 spiro atoms.